The van der Waals surface area contributed by atoms with Gasteiger partial charge in [-0.15, -0.1) is 0 Å². The van der Waals surface area contributed by atoms with Crippen molar-refractivity contribution in [2.45, 2.75) is 33.6 Å². The van der Waals surface area contributed by atoms with E-state index in [1.54, 1.807) is 0 Å². The topological polar surface area (TPSA) is 26.0 Å². The highest BCUT2D eigenvalue weighted by atomic mass is 14.5. The quantitative estimate of drug-likeness (QED) is 0.848. The summed E-state index contributed by atoms with van der Waals surface area (Å²) in [6.45, 7) is 7.37. The molecule has 1 heteroatoms. The van der Waals surface area contributed by atoms with Crippen molar-refractivity contribution < 1.29 is 0 Å². The van der Waals surface area contributed by atoms with Crippen LogP contribution in [0.3, 0.4) is 0 Å². The second-order valence-corrected chi connectivity index (χ2v) is 5.88. The van der Waals surface area contributed by atoms with Gasteiger partial charge in [0.1, 0.15) is 0 Å². The number of rotatable bonds is 5. The van der Waals surface area contributed by atoms with Gasteiger partial charge in [0.2, 0.25) is 0 Å². The van der Waals surface area contributed by atoms with Gasteiger partial charge in [-0.2, -0.15) is 0 Å². The van der Waals surface area contributed by atoms with Gasteiger partial charge in [0.05, 0.1) is 0 Å². The average molecular weight is 267 g/mol. The van der Waals surface area contributed by atoms with Crippen LogP contribution in [0.1, 0.15) is 30.0 Å². The predicted octanol–water partition coefficient (Wildman–Crippen LogP) is 4.50. The third kappa shape index (κ3) is 3.71. The molecule has 0 aromatic heterocycles. The number of aryl methyl sites for hydroxylation is 2. The number of hydrogen-bond acceptors (Lipinski definition) is 1. The monoisotopic (exact) mass is 267 g/mol. The first-order valence-corrected chi connectivity index (χ1v) is 7.47. The second-order valence-electron chi connectivity index (χ2n) is 5.88. The smallest absolute Gasteiger partial charge is 0.00746 e. The van der Waals surface area contributed by atoms with Crippen LogP contribution in [-0.2, 0) is 6.42 Å². The van der Waals surface area contributed by atoms with E-state index in [9.17, 15) is 0 Å². The Balaban J connectivity index is 2.13. The van der Waals surface area contributed by atoms with Crippen LogP contribution in [0.15, 0.2) is 42.5 Å². The normalized spacial score (nSPS) is 12.4. The predicted molar refractivity (Wildman–Crippen MR) is 87.9 cm³/mol. The molecule has 1 unspecified atom stereocenters. The molecule has 1 atom stereocenters. The van der Waals surface area contributed by atoms with E-state index in [1.165, 1.54) is 27.8 Å². The van der Waals surface area contributed by atoms with Gasteiger partial charge in [-0.05, 0) is 67.0 Å². The van der Waals surface area contributed by atoms with Gasteiger partial charge in [-0.3, -0.25) is 0 Å². The van der Waals surface area contributed by atoms with E-state index in [1.807, 2.05) is 0 Å². The van der Waals surface area contributed by atoms with Gasteiger partial charge in [0.25, 0.3) is 0 Å². The summed E-state index contributed by atoms with van der Waals surface area (Å²) in [6, 6.07) is 15.6. The first-order chi connectivity index (χ1) is 9.60. The van der Waals surface area contributed by atoms with Crippen LogP contribution in [0, 0.1) is 19.8 Å². The summed E-state index contributed by atoms with van der Waals surface area (Å²) in [6.07, 6.45) is 2.21. The minimum Gasteiger partial charge on any atom is -0.330 e. The third-order valence-corrected chi connectivity index (χ3v) is 4.04. The largest absolute Gasteiger partial charge is 0.330 e. The number of benzene rings is 2. The molecule has 0 aliphatic carbocycles. The van der Waals surface area contributed by atoms with Crippen LogP contribution in [0.25, 0.3) is 11.1 Å². The second kappa shape index (κ2) is 6.71. The van der Waals surface area contributed by atoms with Gasteiger partial charge >= 0.3 is 0 Å². The van der Waals surface area contributed by atoms with Crippen molar-refractivity contribution in [1.29, 1.82) is 0 Å². The lowest BCUT2D eigenvalue weighted by Crippen LogP contribution is -2.07. The molecule has 0 saturated heterocycles. The Morgan fingerprint density at radius 1 is 0.900 bits per heavy atom. The van der Waals surface area contributed by atoms with Crippen molar-refractivity contribution in [3.05, 3.63) is 59.2 Å². The van der Waals surface area contributed by atoms with Gasteiger partial charge in [0, 0.05) is 0 Å². The van der Waals surface area contributed by atoms with Gasteiger partial charge < -0.3 is 5.73 Å². The zero-order chi connectivity index (χ0) is 14.5. The molecular formula is C19H25N. The standard InChI is InChI=1S/C19H25N/c1-14(10-11-20)12-17-5-8-18(9-6-17)19-7-4-15(2)16(3)13-19/h4-9,13-14H,10-12,20H2,1-3H3. The summed E-state index contributed by atoms with van der Waals surface area (Å²) in [5.74, 6) is 0.660. The van der Waals surface area contributed by atoms with E-state index in [-0.39, 0.29) is 0 Å². The van der Waals surface area contributed by atoms with E-state index < -0.39 is 0 Å². The Morgan fingerprint density at radius 2 is 1.55 bits per heavy atom. The van der Waals surface area contributed by atoms with Crippen molar-refractivity contribution in [3.63, 3.8) is 0 Å². The maximum absolute atomic E-state index is 5.61. The lowest BCUT2D eigenvalue weighted by atomic mass is 9.95. The van der Waals surface area contributed by atoms with Crippen LogP contribution in [0.5, 0.6) is 0 Å². The third-order valence-electron chi connectivity index (χ3n) is 4.04. The lowest BCUT2D eigenvalue weighted by Gasteiger charge is -2.11. The number of hydrogen-bond donors (Lipinski definition) is 1. The molecule has 0 saturated carbocycles. The van der Waals surface area contributed by atoms with Crippen molar-refractivity contribution in [2.75, 3.05) is 6.54 Å². The van der Waals surface area contributed by atoms with Crippen LogP contribution in [-0.4, -0.2) is 6.54 Å². The SMILES string of the molecule is Cc1ccc(-c2ccc(CC(C)CCN)cc2)cc1C. The minimum absolute atomic E-state index is 0.660. The summed E-state index contributed by atoms with van der Waals surface area (Å²) in [5.41, 5.74) is 12.3. The maximum atomic E-state index is 5.61. The fourth-order valence-electron chi connectivity index (χ4n) is 2.54. The van der Waals surface area contributed by atoms with Gasteiger partial charge in [-0.1, -0.05) is 49.4 Å². The molecule has 0 amide bonds. The first kappa shape index (κ1) is 14.8. The van der Waals surface area contributed by atoms with E-state index in [0.29, 0.717) is 5.92 Å². The summed E-state index contributed by atoms with van der Waals surface area (Å²) in [5, 5.41) is 0. The van der Waals surface area contributed by atoms with Crippen molar-refractivity contribution in [3.8, 4) is 11.1 Å². The Kier molecular flexibility index (Phi) is 4.97. The summed E-state index contributed by atoms with van der Waals surface area (Å²) in [4.78, 5) is 0. The zero-order valence-corrected chi connectivity index (χ0v) is 12.8. The average Bonchev–Trinajstić information content (AvgIpc) is 2.43. The highest BCUT2D eigenvalue weighted by molar-refractivity contribution is 5.65. The first-order valence-electron chi connectivity index (χ1n) is 7.47. The van der Waals surface area contributed by atoms with Gasteiger partial charge in [-0.25, -0.2) is 0 Å². The molecule has 0 bridgehead atoms. The fourth-order valence-corrected chi connectivity index (χ4v) is 2.54. The summed E-state index contributed by atoms with van der Waals surface area (Å²) < 4.78 is 0. The van der Waals surface area contributed by atoms with Crippen molar-refractivity contribution in [1.82, 2.24) is 0 Å². The summed E-state index contributed by atoms with van der Waals surface area (Å²) >= 11 is 0. The van der Waals surface area contributed by atoms with Crippen molar-refractivity contribution in [2.24, 2.45) is 11.7 Å². The lowest BCUT2D eigenvalue weighted by molar-refractivity contribution is 0.538. The molecule has 2 aromatic carbocycles. The van der Waals surface area contributed by atoms with Crippen LogP contribution in [0.4, 0.5) is 0 Å². The molecule has 2 rings (SSSR count). The molecule has 0 fully saturated rings. The molecule has 20 heavy (non-hydrogen) atoms. The molecule has 2 N–H and O–H groups in total. The maximum Gasteiger partial charge on any atom is -0.00746 e. The van der Waals surface area contributed by atoms with Gasteiger partial charge in [0.15, 0.2) is 0 Å². The van der Waals surface area contributed by atoms with E-state index in [2.05, 4.69) is 63.2 Å². The fraction of sp³-hybridized carbons (Fsp3) is 0.368. The van der Waals surface area contributed by atoms with Crippen LogP contribution < -0.4 is 5.73 Å². The number of nitrogens with two attached hydrogens (primary N) is 1. The van der Waals surface area contributed by atoms with E-state index in [0.717, 1.165) is 19.4 Å². The van der Waals surface area contributed by atoms with E-state index >= 15 is 0 Å². The Hall–Kier alpha value is -1.60. The molecule has 1 nitrogen and oxygen atoms in total. The molecule has 0 aliphatic heterocycles. The Morgan fingerprint density at radius 3 is 2.15 bits per heavy atom. The molecule has 0 heterocycles. The molecular weight excluding hydrogens is 242 g/mol. The molecule has 106 valence electrons. The Bertz CT molecular complexity index is 554. The molecule has 2 aromatic rings. The molecule has 0 aliphatic rings. The highest BCUT2D eigenvalue weighted by Crippen LogP contribution is 2.23. The minimum atomic E-state index is 0.660. The van der Waals surface area contributed by atoms with E-state index in [4.69, 9.17) is 5.73 Å². The summed E-state index contributed by atoms with van der Waals surface area (Å²) in [7, 11) is 0. The highest BCUT2D eigenvalue weighted by Gasteiger charge is 2.04. The van der Waals surface area contributed by atoms with Crippen LogP contribution >= 0.6 is 0 Å². The van der Waals surface area contributed by atoms with Crippen LogP contribution in [0.2, 0.25) is 0 Å². The van der Waals surface area contributed by atoms with Crippen molar-refractivity contribution >= 4 is 0 Å². The molecule has 0 radical (unpaired) electrons. The zero-order valence-electron chi connectivity index (χ0n) is 12.8. The molecule has 0 spiro atoms. The Labute approximate surface area is 122 Å².